The monoisotopic (exact) mass is 333 g/mol. The second kappa shape index (κ2) is 7.14. The van der Waals surface area contributed by atoms with Gasteiger partial charge in [-0.15, -0.1) is 0 Å². The average Bonchev–Trinajstić information content (AvgIpc) is 3.13. The Morgan fingerprint density at radius 3 is 3.08 bits per heavy atom. The second-order valence-electron chi connectivity index (χ2n) is 6.30. The van der Waals surface area contributed by atoms with Gasteiger partial charge in [0.15, 0.2) is 11.5 Å². The lowest BCUT2D eigenvalue weighted by Gasteiger charge is -2.28. The van der Waals surface area contributed by atoms with Gasteiger partial charge in [-0.3, -0.25) is 14.8 Å². The van der Waals surface area contributed by atoms with Gasteiger partial charge in [0.2, 0.25) is 0 Å². The first kappa shape index (κ1) is 16.7. The van der Waals surface area contributed by atoms with E-state index < -0.39 is 0 Å². The van der Waals surface area contributed by atoms with Crippen molar-refractivity contribution in [3.8, 4) is 0 Å². The van der Waals surface area contributed by atoms with Crippen LogP contribution in [0.1, 0.15) is 46.0 Å². The highest BCUT2D eigenvalue weighted by atomic mass is 16.5. The maximum absolute atomic E-state index is 12.2. The summed E-state index contributed by atoms with van der Waals surface area (Å²) in [7, 11) is 0. The van der Waals surface area contributed by atoms with Gasteiger partial charge >= 0.3 is 0 Å². The molecule has 3 N–H and O–H groups in total. The molecule has 2 aromatic rings. The number of aryl methyl sites for hydroxylation is 2. The van der Waals surface area contributed by atoms with Crippen LogP contribution in [0.2, 0.25) is 0 Å². The van der Waals surface area contributed by atoms with E-state index in [-0.39, 0.29) is 17.7 Å². The lowest BCUT2D eigenvalue weighted by molar-refractivity contribution is 0.0622. The number of piperidine rings is 1. The first-order valence-corrected chi connectivity index (χ1v) is 8.17. The lowest BCUT2D eigenvalue weighted by Crippen LogP contribution is -2.37. The third-order valence-corrected chi connectivity index (χ3v) is 4.36. The molecule has 0 aromatic carbocycles. The summed E-state index contributed by atoms with van der Waals surface area (Å²) in [6.45, 7) is 6.30. The zero-order valence-corrected chi connectivity index (χ0v) is 14.0. The van der Waals surface area contributed by atoms with Crippen LogP contribution in [0.25, 0.3) is 0 Å². The minimum atomic E-state index is -0.286. The molecule has 2 aromatic heterocycles. The van der Waals surface area contributed by atoms with Gasteiger partial charge in [0, 0.05) is 30.4 Å². The molecule has 1 atom stereocenters. The van der Waals surface area contributed by atoms with Crippen LogP contribution < -0.4 is 5.32 Å². The number of amides is 1. The molecule has 1 fully saturated rings. The highest BCUT2D eigenvalue weighted by Crippen LogP contribution is 2.15. The number of rotatable bonds is 5. The topological polar surface area (TPSA) is 107 Å². The van der Waals surface area contributed by atoms with E-state index in [4.69, 9.17) is 4.52 Å². The van der Waals surface area contributed by atoms with E-state index in [1.807, 2.05) is 13.8 Å². The lowest BCUT2D eigenvalue weighted by atomic mass is 10.1. The fourth-order valence-electron chi connectivity index (χ4n) is 2.98. The number of β-amino-alcohol motifs (C(OH)–C–C–N with tert-alkyl or cyclic N) is 1. The van der Waals surface area contributed by atoms with Crippen molar-refractivity contribution in [2.75, 3.05) is 13.1 Å². The molecule has 3 heterocycles. The molecule has 1 saturated heterocycles. The molecule has 0 spiro atoms. The summed E-state index contributed by atoms with van der Waals surface area (Å²) in [4.78, 5) is 14.3. The SMILES string of the molecule is Cc1n[nH]c(C)c1CNC(=O)c1cc(CN2CCC[C@H](O)C2)on1. The number of hydrogen-bond donors (Lipinski definition) is 3. The molecular formula is C16H23N5O3. The van der Waals surface area contributed by atoms with Crippen LogP contribution in [-0.2, 0) is 13.1 Å². The zero-order chi connectivity index (χ0) is 17.1. The van der Waals surface area contributed by atoms with E-state index in [1.54, 1.807) is 6.07 Å². The van der Waals surface area contributed by atoms with Gasteiger partial charge in [-0.25, -0.2) is 0 Å². The Kier molecular flexibility index (Phi) is 4.96. The quantitative estimate of drug-likeness (QED) is 0.750. The fraction of sp³-hybridized carbons (Fsp3) is 0.562. The van der Waals surface area contributed by atoms with Crippen LogP contribution in [0.5, 0.6) is 0 Å². The van der Waals surface area contributed by atoms with Crippen molar-refractivity contribution in [1.82, 2.24) is 25.6 Å². The van der Waals surface area contributed by atoms with E-state index in [0.717, 1.165) is 36.3 Å². The van der Waals surface area contributed by atoms with Gasteiger partial charge in [-0.1, -0.05) is 5.16 Å². The van der Waals surface area contributed by atoms with Crippen molar-refractivity contribution in [2.45, 2.75) is 45.9 Å². The Morgan fingerprint density at radius 1 is 1.54 bits per heavy atom. The third-order valence-electron chi connectivity index (χ3n) is 4.36. The Balaban J connectivity index is 1.55. The van der Waals surface area contributed by atoms with Crippen LogP contribution >= 0.6 is 0 Å². The van der Waals surface area contributed by atoms with E-state index >= 15 is 0 Å². The number of hydrogen-bond acceptors (Lipinski definition) is 6. The number of aromatic nitrogens is 3. The molecule has 0 bridgehead atoms. The number of carbonyl (C=O) groups excluding carboxylic acids is 1. The van der Waals surface area contributed by atoms with Crippen LogP contribution in [-0.4, -0.2) is 50.5 Å². The van der Waals surface area contributed by atoms with Crippen molar-refractivity contribution in [3.63, 3.8) is 0 Å². The molecule has 1 aliphatic rings. The fourth-order valence-corrected chi connectivity index (χ4v) is 2.98. The molecule has 0 saturated carbocycles. The summed E-state index contributed by atoms with van der Waals surface area (Å²) >= 11 is 0. The molecule has 24 heavy (non-hydrogen) atoms. The Bertz CT molecular complexity index is 689. The predicted molar refractivity (Wildman–Crippen MR) is 86.3 cm³/mol. The van der Waals surface area contributed by atoms with Crippen LogP contribution in [0.4, 0.5) is 0 Å². The molecule has 8 heteroatoms. The largest absolute Gasteiger partial charge is 0.392 e. The molecule has 0 radical (unpaired) electrons. The number of nitrogens with zero attached hydrogens (tertiary/aromatic N) is 3. The standard InChI is InChI=1S/C16H23N5O3/c1-10-14(11(2)19-18-10)7-17-16(23)15-6-13(24-20-15)9-21-5-3-4-12(22)8-21/h6,12,22H,3-5,7-9H2,1-2H3,(H,17,23)(H,18,19)/t12-/m0/s1. The van der Waals surface area contributed by atoms with Crippen LogP contribution in [0.15, 0.2) is 10.6 Å². The van der Waals surface area contributed by atoms with Crippen LogP contribution in [0.3, 0.4) is 0 Å². The molecule has 0 aliphatic carbocycles. The summed E-state index contributed by atoms with van der Waals surface area (Å²) in [5.41, 5.74) is 3.06. The minimum Gasteiger partial charge on any atom is -0.392 e. The molecule has 1 aliphatic heterocycles. The van der Waals surface area contributed by atoms with Crippen molar-refractivity contribution < 1.29 is 14.4 Å². The van der Waals surface area contributed by atoms with Gasteiger partial charge in [-0.05, 0) is 33.2 Å². The maximum atomic E-state index is 12.2. The van der Waals surface area contributed by atoms with E-state index in [0.29, 0.717) is 25.4 Å². The molecule has 8 nitrogen and oxygen atoms in total. The van der Waals surface area contributed by atoms with Gasteiger partial charge < -0.3 is 14.9 Å². The van der Waals surface area contributed by atoms with Crippen molar-refractivity contribution in [3.05, 3.63) is 34.5 Å². The highest BCUT2D eigenvalue weighted by molar-refractivity contribution is 5.92. The highest BCUT2D eigenvalue weighted by Gasteiger charge is 2.20. The Morgan fingerprint density at radius 2 is 2.38 bits per heavy atom. The van der Waals surface area contributed by atoms with Crippen LogP contribution in [0, 0.1) is 13.8 Å². The number of carbonyl (C=O) groups is 1. The molecule has 0 unspecified atom stereocenters. The maximum Gasteiger partial charge on any atom is 0.273 e. The number of likely N-dealkylation sites (tertiary alicyclic amines) is 1. The number of H-pyrrole nitrogens is 1. The average molecular weight is 333 g/mol. The summed E-state index contributed by atoms with van der Waals surface area (Å²) in [5, 5.41) is 23.4. The number of aromatic amines is 1. The third kappa shape index (κ3) is 3.82. The van der Waals surface area contributed by atoms with E-state index in [2.05, 4.69) is 25.6 Å². The molecule has 3 rings (SSSR count). The van der Waals surface area contributed by atoms with E-state index in [9.17, 15) is 9.90 Å². The number of aliphatic hydroxyl groups excluding tert-OH is 1. The van der Waals surface area contributed by atoms with Gasteiger partial charge in [0.1, 0.15) is 0 Å². The molecular weight excluding hydrogens is 310 g/mol. The van der Waals surface area contributed by atoms with E-state index in [1.165, 1.54) is 0 Å². The van der Waals surface area contributed by atoms with Crippen molar-refractivity contribution in [1.29, 1.82) is 0 Å². The van der Waals surface area contributed by atoms with Gasteiger partial charge in [0.05, 0.1) is 18.3 Å². The Hall–Kier alpha value is -2.19. The normalized spacial score (nSPS) is 18.7. The summed E-state index contributed by atoms with van der Waals surface area (Å²) < 4.78 is 5.26. The second-order valence-corrected chi connectivity index (χ2v) is 6.30. The molecule has 130 valence electrons. The molecule has 1 amide bonds. The van der Waals surface area contributed by atoms with Gasteiger partial charge in [0.25, 0.3) is 5.91 Å². The summed E-state index contributed by atoms with van der Waals surface area (Å²) in [6, 6.07) is 1.66. The zero-order valence-electron chi connectivity index (χ0n) is 14.0. The summed E-state index contributed by atoms with van der Waals surface area (Å²) in [6.07, 6.45) is 1.52. The van der Waals surface area contributed by atoms with Gasteiger partial charge in [-0.2, -0.15) is 5.10 Å². The number of aliphatic hydroxyl groups is 1. The first-order valence-electron chi connectivity index (χ1n) is 8.17. The Labute approximate surface area is 140 Å². The minimum absolute atomic E-state index is 0.265. The summed E-state index contributed by atoms with van der Waals surface area (Å²) in [5.74, 6) is 0.355. The predicted octanol–water partition coefficient (Wildman–Crippen LogP) is 0.901. The number of nitrogens with one attached hydrogen (secondary N) is 2. The smallest absolute Gasteiger partial charge is 0.273 e. The first-order chi connectivity index (χ1) is 11.5. The van der Waals surface area contributed by atoms with Crippen molar-refractivity contribution in [2.24, 2.45) is 0 Å². The van der Waals surface area contributed by atoms with Crippen molar-refractivity contribution >= 4 is 5.91 Å².